The molecule has 2 spiro atoms. The number of ether oxygens (including phenoxy) is 2. The summed E-state index contributed by atoms with van der Waals surface area (Å²) >= 11 is 0. The fraction of sp³-hybridized carbons (Fsp3) is 0.0270. The molecular weight excluding hydrogens is 951 g/mol. The number of furan rings is 1. The average molecular weight is 996 g/mol. The van der Waals surface area contributed by atoms with Crippen LogP contribution in [0.15, 0.2) is 277 Å². The van der Waals surface area contributed by atoms with Crippen molar-refractivity contribution in [3.63, 3.8) is 0 Å². The van der Waals surface area contributed by atoms with E-state index in [1.54, 1.807) is 0 Å². The van der Waals surface area contributed by atoms with Crippen LogP contribution < -0.4 is 14.4 Å². The molecule has 13 aromatic rings. The summed E-state index contributed by atoms with van der Waals surface area (Å²) in [5.41, 5.74) is 22.8. The molecule has 364 valence electrons. The molecule has 4 nitrogen and oxygen atoms in total. The van der Waals surface area contributed by atoms with Gasteiger partial charge in [0.25, 0.3) is 0 Å². The van der Waals surface area contributed by atoms with Crippen LogP contribution in [-0.2, 0) is 10.8 Å². The molecule has 0 saturated carbocycles. The highest BCUT2D eigenvalue weighted by Crippen LogP contribution is 2.65. The third-order valence-electron chi connectivity index (χ3n) is 17.2. The Kier molecular flexibility index (Phi) is 8.94. The van der Waals surface area contributed by atoms with Gasteiger partial charge in [-0.15, -0.1) is 0 Å². The van der Waals surface area contributed by atoms with Gasteiger partial charge in [0.15, 0.2) is 0 Å². The van der Waals surface area contributed by atoms with Gasteiger partial charge < -0.3 is 18.8 Å². The molecule has 3 heterocycles. The lowest BCUT2D eigenvalue weighted by molar-refractivity contribution is 0.436. The SMILES string of the molecule is c1ccc2c(c1)Oc1ccccc1C21c2ccccc2-c2ccc(-c3ccc(N(c4ccc(-c5ccc6c(c5)oc5ccccc56)cc4)c4cccc5c4-c4ccccc4C54c5ccccc5Oc5ccccc54)cc3)cc21. The Morgan fingerprint density at radius 2 is 0.692 bits per heavy atom. The third kappa shape index (κ3) is 5.78. The quantitative estimate of drug-likeness (QED) is 0.172. The van der Waals surface area contributed by atoms with Crippen LogP contribution >= 0.6 is 0 Å². The summed E-state index contributed by atoms with van der Waals surface area (Å²) in [6.07, 6.45) is 0. The number of fused-ring (bicyclic) bond motifs is 21. The van der Waals surface area contributed by atoms with E-state index in [9.17, 15) is 0 Å². The fourth-order valence-electron chi connectivity index (χ4n) is 14.0. The van der Waals surface area contributed by atoms with Gasteiger partial charge in [0.2, 0.25) is 0 Å². The normalized spacial score (nSPS) is 14.1. The Morgan fingerprint density at radius 1 is 0.269 bits per heavy atom. The highest BCUT2D eigenvalue weighted by molar-refractivity contribution is 6.06. The van der Waals surface area contributed by atoms with Crippen LogP contribution in [0.25, 0.3) is 66.4 Å². The summed E-state index contributed by atoms with van der Waals surface area (Å²) in [7, 11) is 0. The van der Waals surface area contributed by atoms with Crippen molar-refractivity contribution in [1.82, 2.24) is 0 Å². The van der Waals surface area contributed by atoms with E-state index in [0.717, 1.165) is 107 Å². The Morgan fingerprint density at radius 3 is 1.29 bits per heavy atom. The van der Waals surface area contributed by atoms with E-state index in [-0.39, 0.29) is 0 Å². The lowest BCUT2D eigenvalue weighted by Crippen LogP contribution is -2.32. The minimum Gasteiger partial charge on any atom is -0.457 e. The van der Waals surface area contributed by atoms with Crippen molar-refractivity contribution in [2.45, 2.75) is 10.8 Å². The first-order valence-corrected chi connectivity index (χ1v) is 26.8. The number of nitrogens with zero attached hydrogens (tertiary/aromatic N) is 1. The van der Waals surface area contributed by atoms with Crippen LogP contribution in [0.5, 0.6) is 23.0 Å². The number of benzene rings is 12. The van der Waals surface area contributed by atoms with E-state index in [1.165, 1.54) is 44.5 Å². The zero-order valence-corrected chi connectivity index (χ0v) is 42.2. The lowest BCUT2D eigenvalue weighted by Gasteiger charge is -2.39. The molecule has 4 heteroatoms. The van der Waals surface area contributed by atoms with Gasteiger partial charge in [0, 0.05) is 50.0 Å². The van der Waals surface area contributed by atoms with Crippen LogP contribution in [0.2, 0.25) is 0 Å². The van der Waals surface area contributed by atoms with Crippen LogP contribution in [0, 0.1) is 0 Å². The predicted molar refractivity (Wildman–Crippen MR) is 314 cm³/mol. The van der Waals surface area contributed by atoms with Crippen molar-refractivity contribution in [1.29, 1.82) is 0 Å². The maximum atomic E-state index is 6.73. The Balaban J connectivity index is 0.843. The van der Waals surface area contributed by atoms with Gasteiger partial charge in [0.1, 0.15) is 34.2 Å². The van der Waals surface area contributed by atoms with Crippen molar-refractivity contribution >= 4 is 39.0 Å². The zero-order valence-electron chi connectivity index (χ0n) is 42.2. The average Bonchev–Trinajstić information content (AvgIpc) is 3.71. The van der Waals surface area contributed by atoms with Gasteiger partial charge in [-0.25, -0.2) is 0 Å². The number of para-hydroxylation sites is 5. The van der Waals surface area contributed by atoms with E-state index >= 15 is 0 Å². The van der Waals surface area contributed by atoms with Crippen molar-refractivity contribution in [2.24, 2.45) is 0 Å². The molecule has 0 radical (unpaired) electrons. The molecule has 78 heavy (non-hydrogen) atoms. The summed E-state index contributed by atoms with van der Waals surface area (Å²) in [6.45, 7) is 0. The molecule has 0 atom stereocenters. The molecule has 2 aliphatic heterocycles. The highest BCUT2D eigenvalue weighted by Gasteiger charge is 2.53. The van der Waals surface area contributed by atoms with Crippen molar-refractivity contribution in [3.05, 3.63) is 317 Å². The fourth-order valence-corrected chi connectivity index (χ4v) is 14.0. The van der Waals surface area contributed by atoms with Crippen molar-refractivity contribution in [2.75, 3.05) is 4.90 Å². The summed E-state index contributed by atoms with van der Waals surface area (Å²) in [5.74, 6) is 3.53. The van der Waals surface area contributed by atoms with Gasteiger partial charge in [-0.1, -0.05) is 194 Å². The zero-order chi connectivity index (χ0) is 51.1. The minimum atomic E-state index is -0.613. The molecule has 1 aromatic heterocycles. The first-order valence-electron chi connectivity index (χ1n) is 26.8. The molecule has 0 saturated heterocycles. The Bertz CT molecular complexity index is 4550. The number of hydrogen-bond acceptors (Lipinski definition) is 4. The summed E-state index contributed by atoms with van der Waals surface area (Å²) in [5, 5.41) is 2.25. The molecular formula is C74H45NO3. The second-order valence-corrected chi connectivity index (χ2v) is 21.0. The lowest BCUT2D eigenvalue weighted by atomic mass is 9.66. The van der Waals surface area contributed by atoms with Crippen LogP contribution in [0.4, 0.5) is 17.1 Å². The van der Waals surface area contributed by atoms with E-state index in [4.69, 9.17) is 13.9 Å². The maximum Gasteiger partial charge on any atom is 0.136 e. The van der Waals surface area contributed by atoms with Gasteiger partial charge in [0.05, 0.1) is 16.5 Å². The van der Waals surface area contributed by atoms with Crippen molar-refractivity contribution < 1.29 is 13.9 Å². The van der Waals surface area contributed by atoms with Gasteiger partial charge in [-0.2, -0.15) is 0 Å². The highest BCUT2D eigenvalue weighted by atomic mass is 16.5. The molecule has 0 N–H and O–H groups in total. The summed E-state index contributed by atoms with van der Waals surface area (Å²) in [4.78, 5) is 2.45. The number of hydrogen-bond donors (Lipinski definition) is 0. The first kappa shape index (κ1) is 43.1. The summed E-state index contributed by atoms with van der Waals surface area (Å²) in [6, 6.07) is 99.2. The second kappa shape index (κ2) is 16.2. The first-order chi connectivity index (χ1) is 38.7. The Hall–Kier alpha value is -10.2. The van der Waals surface area contributed by atoms with Crippen molar-refractivity contribution in [3.8, 4) is 67.5 Å². The largest absolute Gasteiger partial charge is 0.457 e. The molecule has 0 amide bonds. The molecule has 17 rings (SSSR count). The van der Waals surface area contributed by atoms with Crippen LogP contribution in [-0.4, -0.2) is 0 Å². The minimum absolute atomic E-state index is 0.555. The van der Waals surface area contributed by atoms with E-state index in [1.807, 2.05) is 12.1 Å². The van der Waals surface area contributed by atoms with Crippen LogP contribution in [0.1, 0.15) is 44.5 Å². The van der Waals surface area contributed by atoms with E-state index < -0.39 is 10.8 Å². The molecule has 12 aromatic carbocycles. The van der Waals surface area contributed by atoms with Gasteiger partial charge >= 0.3 is 0 Å². The maximum absolute atomic E-state index is 6.73. The Labute approximate surface area is 451 Å². The number of anilines is 3. The standard InChI is InChI=1S/C74H45NO3/c1-4-19-57-52(16-1)53-42-36-48(44-64(53)74(57)61-23-8-13-30-69(61)78-70-31-14-9-24-62(70)74)46-32-38-50(39-33-46)75(51-40-34-47(35-41-51)49-37-43-55-54-17-3-10-27-66(54)76-71(55)45-49)65-26-15-25-63-72(65)56-18-2-5-20-58(56)73(63)59-21-6-11-28-67(59)77-68-29-12-7-22-60(68)73/h1-45H. The molecule has 4 aliphatic rings. The topological polar surface area (TPSA) is 34.8 Å². The smallest absolute Gasteiger partial charge is 0.136 e. The predicted octanol–water partition coefficient (Wildman–Crippen LogP) is 19.3. The van der Waals surface area contributed by atoms with Gasteiger partial charge in [-0.3, -0.25) is 0 Å². The van der Waals surface area contributed by atoms with Crippen LogP contribution in [0.3, 0.4) is 0 Å². The molecule has 2 aliphatic carbocycles. The monoisotopic (exact) mass is 995 g/mol. The molecule has 0 unspecified atom stereocenters. The third-order valence-corrected chi connectivity index (χ3v) is 17.2. The number of rotatable bonds is 5. The second-order valence-electron chi connectivity index (χ2n) is 21.0. The summed E-state index contributed by atoms with van der Waals surface area (Å²) < 4.78 is 19.8. The van der Waals surface area contributed by atoms with E-state index in [0.29, 0.717) is 0 Å². The van der Waals surface area contributed by atoms with Gasteiger partial charge in [-0.05, 0) is 140 Å². The van der Waals surface area contributed by atoms with E-state index in [2.05, 4.69) is 266 Å². The molecule has 0 bridgehead atoms. The molecule has 0 fully saturated rings.